The van der Waals surface area contributed by atoms with Crippen molar-refractivity contribution in [3.8, 4) is 0 Å². The smallest absolute Gasteiger partial charge is 0.343 e. The lowest BCUT2D eigenvalue weighted by Gasteiger charge is -2.48. The number of nitrogens with zero attached hydrogens (tertiary/aromatic N) is 1. The number of hydrogen-bond donors (Lipinski definition) is 1. The van der Waals surface area contributed by atoms with Crippen molar-refractivity contribution in [2.24, 2.45) is 17.8 Å². The lowest BCUT2D eigenvalue weighted by molar-refractivity contribution is -0.255. The minimum absolute atomic E-state index is 0.0474. The Morgan fingerprint density at radius 3 is 2.84 bits per heavy atom. The SMILES string of the molecule is COC1=C(C)C(=O)O/C1=C1\O[C@@]23O[C@H]4C[C@@H]([C@H]2[C@@H]1C)N1CC[C@H]3[C@@]41CNC1CCCC1. The van der Waals surface area contributed by atoms with E-state index in [0.717, 1.165) is 31.7 Å². The molecule has 1 unspecified atom stereocenters. The van der Waals surface area contributed by atoms with Gasteiger partial charge in [0.15, 0.2) is 5.76 Å². The molecule has 7 nitrogen and oxygen atoms in total. The Balaban J connectivity index is 1.27. The van der Waals surface area contributed by atoms with E-state index in [0.29, 0.717) is 35.1 Å². The molecule has 8 atom stereocenters. The molecule has 31 heavy (non-hydrogen) atoms. The van der Waals surface area contributed by atoms with Gasteiger partial charge in [-0.2, -0.15) is 0 Å². The zero-order valence-electron chi connectivity index (χ0n) is 18.6. The number of nitrogens with one attached hydrogen (secondary N) is 1. The first-order valence-electron chi connectivity index (χ1n) is 12.1. The number of cyclic esters (lactones) is 1. The van der Waals surface area contributed by atoms with Gasteiger partial charge in [-0.25, -0.2) is 4.79 Å². The molecule has 1 N–H and O–H groups in total. The van der Waals surface area contributed by atoms with E-state index in [1.54, 1.807) is 14.0 Å². The molecule has 6 aliphatic heterocycles. The summed E-state index contributed by atoms with van der Waals surface area (Å²) in [5.74, 6) is 1.50. The lowest BCUT2D eigenvalue weighted by atomic mass is 9.71. The number of piperidine rings is 1. The summed E-state index contributed by atoms with van der Waals surface area (Å²) in [5, 5.41) is 3.92. The van der Waals surface area contributed by atoms with Crippen molar-refractivity contribution in [2.75, 3.05) is 20.2 Å². The maximum atomic E-state index is 12.3. The Hall–Kier alpha value is -1.57. The third-order valence-corrected chi connectivity index (χ3v) is 9.63. The van der Waals surface area contributed by atoms with Gasteiger partial charge in [0.25, 0.3) is 0 Å². The molecule has 1 spiro atoms. The van der Waals surface area contributed by atoms with E-state index in [2.05, 4.69) is 17.1 Å². The Morgan fingerprint density at radius 1 is 1.26 bits per heavy atom. The number of carbonyl (C=O) groups is 1. The van der Waals surface area contributed by atoms with Crippen molar-refractivity contribution in [2.45, 2.75) is 81.9 Å². The summed E-state index contributed by atoms with van der Waals surface area (Å²) >= 11 is 0. The topological polar surface area (TPSA) is 69.3 Å². The monoisotopic (exact) mass is 428 g/mol. The summed E-state index contributed by atoms with van der Waals surface area (Å²) < 4.78 is 24.9. The van der Waals surface area contributed by atoms with E-state index in [4.69, 9.17) is 18.9 Å². The average Bonchev–Trinajstić information content (AvgIpc) is 3.55. The van der Waals surface area contributed by atoms with Gasteiger partial charge in [0.2, 0.25) is 11.5 Å². The first kappa shape index (κ1) is 18.9. The van der Waals surface area contributed by atoms with Crippen LogP contribution in [0.3, 0.4) is 0 Å². The van der Waals surface area contributed by atoms with Gasteiger partial charge < -0.3 is 24.3 Å². The molecule has 7 aliphatic rings. The molecular formula is C24H32N2O5. The number of rotatable bonds is 4. The van der Waals surface area contributed by atoms with Crippen LogP contribution in [-0.4, -0.2) is 60.6 Å². The molecule has 0 aromatic heterocycles. The van der Waals surface area contributed by atoms with Crippen LogP contribution in [-0.2, 0) is 23.7 Å². The second-order valence-electron chi connectivity index (χ2n) is 10.7. The fourth-order valence-electron chi connectivity index (χ4n) is 8.47. The van der Waals surface area contributed by atoms with Crippen LogP contribution in [0.5, 0.6) is 0 Å². The van der Waals surface area contributed by atoms with E-state index < -0.39 is 5.79 Å². The van der Waals surface area contributed by atoms with Crippen molar-refractivity contribution in [1.29, 1.82) is 0 Å². The van der Waals surface area contributed by atoms with Crippen molar-refractivity contribution < 1.29 is 23.7 Å². The summed E-state index contributed by atoms with van der Waals surface area (Å²) in [4.78, 5) is 15.0. The molecule has 0 aromatic rings. The van der Waals surface area contributed by atoms with Gasteiger partial charge in [-0.3, -0.25) is 4.90 Å². The summed E-state index contributed by atoms with van der Waals surface area (Å²) in [6.45, 7) is 6.09. The largest absolute Gasteiger partial charge is 0.492 e. The van der Waals surface area contributed by atoms with Crippen LogP contribution in [0.4, 0.5) is 0 Å². The van der Waals surface area contributed by atoms with Gasteiger partial charge in [0.1, 0.15) is 5.76 Å². The average molecular weight is 429 g/mol. The molecule has 6 fully saturated rings. The quantitative estimate of drug-likeness (QED) is 0.690. The predicted octanol–water partition coefficient (Wildman–Crippen LogP) is 2.43. The highest BCUT2D eigenvalue weighted by Crippen LogP contribution is 2.72. The van der Waals surface area contributed by atoms with Crippen LogP contribution in [0.1, 0.15) is 52.4 Å². The van der Waals surface area contributed by atoms with Gasteiger partial charge in [-0.1, -0.05) is 19.8 Å². The van der Waals surface area contributed by atoms with E-state index in [-0.39, 0.29) is 29.4 Å². The fraction of sp³-hybridized carbons (Fsp3) is 0.792. The Morgan fingerprint density at radius 2 is 2.06 bits per heavy atom. The fourth-order valence-corrected chi connectivity index (χ4v) is 8.47. The summed E-state index contributed by atoms with van der Waals surface area (Å²) in [5.41, 5.74) is 0.552. The number of carbonyl (C=O) groups excluding carboxylic acids is 1. The van der Waals surface area contributed by atoms with Gasteiger partial charge in [-0.15, -0.1) is 0 Å². The van der Waals surface area contributed by atoms with Crippen LogP contribution in [0.25, 0.3) is 0 Å². The Bertz CT molecular complexity index is 923. The van der Waals surface area contributed by atoms with E-state index in [1.807, 2.05) is 0 Å². The number of ether oxygens (including phenoxy) is 4. The predicted molar refractivity (Wildman–Crippen MR) is 110 cm³/mol. The number of esters is 1. The molecular weight excluding hydrogens is 396 g/mol. The number of methoxy groups -OCH3 is 1. The molecule has 0 aromatic carbocycles. The highest BCUT2D eigenvalue weighted by Gasteiger charge is 2.84. The van der Waals surface area contributed by atoms with E-state index in [9.17, 15) is 4.79 Å². The molecule has 1 saturated carbocycles. The number of allylic oxidation sites excluding steroid dienone is 1. The molecule has 168 valence electrons. The van der Waals surface area contributed by atoms with E-state index in [1.165, 1.54) is 25.7 Å². The third-order valence-electron chi connectivity index (χ3n) is 9.63. The number of fused-ring (bicyclic) bond motifs is 1. The van der Waals surface area contributed by atoms with Crippen molar-refractivity contribution in [1.82, 2.24) is 10.2 Å². The highest BCUT2D eigenvalue weighted by atomic mass is 16.7. The normalized spacial score (nSPS) is 51.8. The van der Waals surface area contributed by atoms with Crippen LogP contribution < -0.4 is 5.32 Å². The molecule has 7 rings (SSSR count). The molecule has 0 radical (unpaired) electrons. The van der Waals surface area contributed by atoms with Crippen LogP contribution in [0.15, 0.2) is 22.9 Å². The maximum Gasteiger partial charge on any atom is 0.343 e. The van der Waals surface area contributed by atoms with Gasteiger partial charge >= 0.3 is 5.97 Å². The molecule has 5 bridgehead atoms. The standard InChI is InChI=1S/C24H32N2O5/c1-12-18-15-10-17-23(11-25-14-6-4-5-7-14)16(8-9-26(15)23)24(18,30-17)31-20(12)21-19(28-3)13(2)22(27)29-21/h12,14-18,25H,4-11H2,1-3H3/b21-20-/t12-,15-,16-,17-,18+,23-,24+/m0/s1. The lowest BCUT2D eigenvalue weighted by Crippen LogP contribution is -2.64. The molecule has 1 aliphatic carbocycles. The molecule has 6 heterocycles. The van der Waals surface area contributed by atoms with E-state index >= 15 is 0 Å². The first-order valence-corrected chi connectivity index (χ1v) is 12.1. The number of hydrogen-bond acceptors (Lipinski definition) is 7. The van der Waals surface area contributed by atoms with Crippen molar-refractivity contribution >= 4 is 5.97 Å². The van der Waals surface area contributed by atoms with Gasteiger partial charge in [0, 0.05) is 30.5 Å². The summed E-state index contributed by atoms with van der Waals surface area (Å²) in [7, 11) is 1.59. The second-order valence-corrected chi connectivity index (χ2v) is 10.7. The third kappa shape index (κ3) is 2.05. The van der Waals surface area contributed by atoms with Gasteiger partial charge in [0.05, 0.1) is 30.2 Å². The Kier molecular flexibility index (Phi) is 3.70. The van der Waals surface area contributed by atoms with Crippen molar-refractivity contribution in [3.63, 3.8) is 0 Å². The molecule has 7 heteroatoms. The molecule has 0 amide bonds. The molecule has 5 saturated heterocycles. The minimum Gasteiger partial charge on any atom is -0.492 e. The zero-order chi connectivity index (χ0) is 21.1. The van der Waals surface area contributed by atoms with Crippen LogP contribution in [0, 0.1) is 17.8 Å². The zero-order valence-corrected chi connectivity index (χ0v) is 18.6. The van der Waals surface area contributed by atoms with Crippen LogP contribution >= 0.6 is 0 Å². The maximum absolute atomic E-state index is 12.3. The van der Waals surface area contributed by atoms with Crippen LogP contribution in [0.2, 0.25) is 0 Å². The minimum atomic E-state index is -0.596. The summed E-state index contributed by atoms with van der Waals surface area (Å²) in [6, 6.07) is 1.11. The Labute approximate surface area is 183 Å². The highest BCUT2D eigenvalue weighted by molar-refractivity contribution is 5.93. The second kappa shape index (κ2) is 6.06. The summed E-state index contributed by atoms with van der Waals surface area (Å²) in [6.07, 6.45) is 7.69. The first-order chi connectivity index (χ1) is 15.0. The van der Waals surface area contributed by atoms with Crippen molar-refractivity contribution in [3.05, 3.63) is 22.9 Å². The van der Waals surface area contributed by atoms with Gasteiger partial charge in [-0.05, 0) is 39.2 Å².